The quantitative estimate of drug-likeness (QED) is 0.0105. The second-order valence-electron chi connectivity index (χ2n) is 31.5. The van der Waals surface area contributed by atoms with Gasteiger partial charge >= 0.3 is 48.4 Å². The first-order valence-electron chi connectivity index (χ1n) is 41.3. The Balaban J connectivity index is 0.000000356. The third-order valence-electron chi connectivity index (χ3n) is 20.0. The summed E-state index contributed by atoms with van der Waals surface area (Å²) in [6.07, 6.45) is 20.6. The summed E-state index contributed by atoms with van der Waals surface area (Å²) in [7, 11) is -0.241. The van der Waals surface area contributed by atoms with Crippen molar-refractivity contribution in [3.05, 3.63) is 257 Å². The number of halogens is 11. The smallest absolute Gasteiger partial charge is 0.796 e. The van der Waals surface area contributed by atoms with Crippen molar-refractivity contribution in [2.75, 3.05) is 84.1 Å². The van der Waals surface area contributed by atoms with Crippen molar-refractivity contribution in [1.82, 2.24) is 64.6 Å². The number of carbonyl (C=O) groups excluding carboxylic acids is 4. The molecule has 2 fully saturated rings. The van der Waals surface area contributed by atoms with Crippen molar-refractivity contribution in [2.45, 2.75) is 152 Å². The number of phenols is 1. The van der Waals surface area contributed by atoms with Crippen LogP contribution in [0.1, 0.15) is 164 Å². The third-order valence-corrected chi connectivity index (χ3v) is 25.2. The van der Waals surface area contributed by atoms with Crippen LogP contribution < -0.4 is 79.4 Å². The van der Waals surface area contributed by atoms with E-state index in [0.29, 0.717) is 75.4 Å². The number of urea groups is 1. The van der Waals surface area contributed by atoms with Gasteiger partial charge in [0.1, 0.15) is 33.4 Å². The molecule has 2 aliphatic rings. The molecule has 12 heterocycles. The number of anilines is 6. The number of benzene rings is 1. The number of hydrogen-bond donors (Lipinski definition) is 8. The maximum atomic E-state index is 15.9. The maximum Gasteiger partial charge on any atom is 1.00 e. The molecule has 0 unspecified atom stereocenters. The van der Waals surface area contributed by atoms with E-state index in [1.807, 2.05) is 131 Å². The summed E-state index contributed by atoms with van der Waals surface area (Å²) >= 11 is 49.0. The van der Waals surface area contributed by atoms with E-state index in [0.717, 1.165) is 77.2 Å². The molecule has 5 amide bonds. The van der Waals surface area contributed by atoms with Gasteiger partial charge < -0.3 is 70.8 Å². The van der Waals surface area contributed by atoms with Gasteiger partial charge in [0, 0.05) is 82.4 Å². The summed E-state index contributed by atoms with van der Waals surface area (Å²) in [4.78, 5) is 109. The molecule has 28 nitrogen and oxygen atoms in total. The average molecular weight is 2150 g/mol. The number of imide groups is 1. The number of nitrogens with two attached hydrogens (primary N) is 5. The van der Waals surface area contributed by atoms with Gasteiger partial charge in [-0.2, -0.15) is 11.2 Å². The molecule has 0 aliphatic carbocycles. The topological polar surface area (TPSA) is 419 Å². The summed E-state index contributed by atoms with van der Waals surface area (Å²) in [6, 6.07) is 16.0. The van der Waals surface area contributed by atoms with E-state index in [4.69, 9.17) is 119 Å². The molecule has 13 N–H and O–H groups in total. The van der Waals surface area contributed by atoms with E-state index in [9.17, 15) is 42.3 Å². The fourth-order valence-electron chi connectivity index (χ4n) is 12.4. The van der Waals surface area contributed by atoms with Gasteiger partial charge in [-0.3, -0.25) is 44.6 Å². The Morgan fingerprint density at radius 2 is 1.04 bits per heavy atom. The number of piperazine rings is 1. The minimum absolute atomic E-state index is 0. The predicted octanol–water partition coefficient (Wildman–Crippen LogP) is 19.9. The Labute approximate surface area is 886 Å². The van der Waals surface area contributed by atoms with E-state index < -0.39 is 69.0 Å². The van der Waals surface area contributed by atoms with E-state index in [1.165, 1.54) is 58.6 Å². The summed E-state index contributed by atoms with van der Waals surface area (Å²) < 4.78 is 69.7. The summed E-state index contributed by atoms with van der Waals surface area (Å²) in [5.74, 6) is -5.40. The first-order chi connectivity index (χ1) is 64.8. The first kappa shape index (κ1) is 122. The van der Waals surface area contributed by atoms with Gasteiger partial charge in [0.15, 0.2) is 38.6 Å². The van der Waals surface area contributed by atoms with Gasteiger partial charge in [0.25, 0.3) is 11.8 Å². The molecule has 2 saturated heterocycles. The predicted molar refractivity (Wildman–Crippen MR) is 564 cm³/mol. The molecular formula is C93H107BCl7F4N20NaO8S5. The van der Waals surface area contributed by atoms with E-state index in [1.54, 1.807) is 83.7 Å². The van der Waals surface area contributed by atoms with Crippen LogP contribution in [0.5, 0.6) is 5.75 Å². The number of carbonyl (C=O) groups is 4. The molecule has 0 radical (unpaired) electrons. The Kier molecular flexibility index (Phi) is 49.7. The van der Waals surface area contributed by atoms with Crippen molar-refractivity contribution in [3.63, 3.8) is 0 Å². The molecule has 0 saturated carbocycles. The number of rotatable bonds is 17. The number of allylic oxidation sites excluding steroid dienone is 3. The number of nitrogens with zero attached hydrogens (tertiary/aromatic N) is 13. The number of pyridine rings is 9. The van der Waals surface area contributed by atoms with Crippen LogP contribution in [-0.2, 0) is 26.7 Å². The molecule has 139 heavy (non-hydrogen) atoms. The number of hydrogen-bond acceptors (Lipinski definition) is 28. The summed E-state index contributed by atoms with van der Waals surface area (Å²) in [5, 5.41) is 15.3. The zero-order chi connectivity index (χ0) is 104. The number of nitrogen functional groups attached to an aromatic ring is 4. The second kappa shape index (κ2) is 56.6. The van der Waals surface area contributed by atoms with Crippen LogP contribution in [0.25, 0.3) is 39.1 Å². The number of nitrogens with one attached hydrogen (secondary N) is 2. The summed E-state index contributed by atoms with van der Waals surface area (Å²) in [6.45, 7) is 43.5. The standard InChI is InChI=1S/C30H30F2N6O3S.C16H15Cl2FN4O2S.C9H17BO2.C9H14N2S.C9H12N2S.C8H9ClN2.C6H3Cl2FN2O.C5H4Cl2N2.CH4S.Na/c1-6-23(40)36-12-13-37(17(4)15-36)28-18-14-20(32)26(24-19(31)8-7-9-21(24)39)34-29(18)38(30(41)35-28)27-22(42-5)10-11-33-25(27)16(2)3;1-7(2)11-12(10(26-3)4-5-20-11)21-16(25)23-15(24)8-6-9(19)14(18)22-13(8)17;1-7(2)10-11-8(3,4)9(5,6)12-10;2*1-6(2)9-8(10)7(12-3)4-5-11-9;1-5(2)8-7(10)6(9)3-4-11-8;7-4-2(6(10)12)1-3(9)5(8)11-4;6-3-1-2-9-5(7)4(3)8;1-2;/h6-11,14,16-17,39H,1,12-13,15H2,2-5H3;4-7H,1-3H3,(H2,21,23,24,25);1H2,2-6H3;4-6H,10H2,1-3H3;4-5H,1,10H2,2-3H3;3-4H,1,10H2,2H3;1H,(H2,10,12);1-2H,8H2;2H,1H3;/q;;;;;;;;;+1/p-1/t17-;;;;;;;;;/m0........./s1. The molecular weight excluding hydrogens is 2040 g/mol. The molecule has 10 aromatic heterocycles. The van der Waals surface area contributed by atoms with E-state index >= 15 is 4.39 Å². The van der Waals surface area contributed by atoms with Crippen molar-refractivity contribution in [1.29, 1.82) is 0 Å². The summed E-state index contributed by atoms with van der Waals surface area (Å²) in [5.41, 5.74) is 34.9. The molecule has 2 aliphatic heterocycles. The van der Waals surface area contributed by atoms with Crippen molar-refractivity contribution < 1.29 is 80.7 Å². The number of aromatic hydroxyl groups is 1. The molecule has 13 rings (SSSR count). The van der Waals surface area contributed by atoms with Crippen molar-refractivity contribution in [3.8, 4) is 22.7 Å². The SMILES string of the molecule is C=C(C)B1OC(C)(C)C(C)(C)O1.C=C(C)c1nccc(Cl)c1N.C=C(C)c1nccc(SC)c1N.C=CC(=O)N1CCN(c2nc(=O)n(-c3c(SC)ccnc3C(C)C)c3nc(-c4c(O)cccc4F)c(F)cc23)[C@@H](C)C1.CSc1ccnc(C(C)C)c1N.CSc1ccnc(C(C)C)c1NC(=O)NC(=O)c1cc(F)c(Cl)nc1Cl.C[S-].NC(=O)c1cc(F)c(Cl)nc1Cl.Nc1c(Cl)ccnc1Cl.[Na+]. The number of primary amides is 1. The van der Waals surface area contributed by atoms with Crippen LogP contribution in [0.4, 0.5) is 56.6 Å². The van der Waals surface area contributed by atoms with Crippen LogP contribution in [0, 0.1) is 23.3 Å². The average Bonchev–Trinajstić information content (AvgIpc) is 1.52. The Bertz CT molecular complexity index is 6280. The van der Waals surface area contributed by atoms with Crippen molar-refractivity contribution in [2.24, 2.45) is 5.73 Å². The van der Waals surface area contributed by atoms with Gasteiger partial charge in [0.05, 0.1) is 106 Å². The van der Waals surface area contributed by atoms with Crippen LogP contribution >= 0.6 is 128 Å². The number of fused-ring (bicyclic) bond motifs is 1. The number of phenolic OH excluding ortho intramolecular Hbond substituents is 1. The number of amides is 5. The third kappa shape index (κ3) is 32.9. The Morgan fingerprint density at radius 3 is 1.50 bits per heavy atom. The number of aromatic nitrogens is 11. The fourth-order valence-corrected chi connectivity index (χ4v) is 15.9. The van der Waals surface area contributed by atoms with Gasteiger partial charge in [-0.15, -0.1) is 53.6 Å². The molecule has 0 bridgehead atoms. The zero-order valence-corrected chi connectivity index (χ0v) is 91.4. The van der Waals surface area contributed by atoms with Crippen LogP contribution in [0.2, 0.25) is 35.8 Å². The minimum Gasteiger partial charge on any atom is -0.796 e. The second-order valence-corrected chi connectivity index (χ2v) is 37.5. The molecule has 11 aromatic rings. The van der Waals surface area contributed by atoms with Gasteiger partial charge in [0.2, 0.25) is 5.91 Å². The molecule has 46 heteroatoms. The fraction of sp³-hybridized carbons (Fsp3) is 0.301. The van der Waals surface area contributed by atoms with E-state index in [2.05, 4.69) is 113 Å². The van der Waals surface area contributed by atoms with Gasteiger partial charge in [-0.05, 0) is 182 Å². The first-order valence-corrected chi connectivity index (χ1v) is 49.7. The van der Waals surface area contributed by atoms with Crippen molar-refractivity contribution >= 4 is 228 Å². The minimum atomic E-state index is -0.916. The maximum absolute atomic E-state index is 15.9. The molecule has 1 atom stereocenters. The monoisotopic (exact) mass is 2150 g/mol. The Hall–Kier alpha value is -9.17. The van der Waals surface area contributed by atoms with Crippen LogP contribution in [-0.4, -0.2) is 163 Å². The molecule has 0 spiro atoms. The zero-order valence-electron chi connectivity index (χ0n) is 80.0. The largest absolute Gasteiger partial charge is 1.00 e. The molecule has 1 aromatic carbocycles. The Morgan fingerprint density at radius 1 is 0.583 bits per heavy atom. The van der Waals surface area contributed by atoms with Gasteiger partial charge in [-0.25, -0.2) is 51.7 Å². The van der Waals surface area contributed by atoms with Crippen LogP contribution in [0.15, 0.2) is 172 Å². The van der Waals surface area contributed by atoms with Crippen LogP contribution in [0.3, 0.4) is 0 Å². The number of thioether (sulfide) groups is 4. The molecule has 738 valence electrons. The van der Waals surface area contributed by atoms with Gasteiger partial charge in [-0.1, -0.05) is 154 Å². The normalized spacial score (nSPS) is 13.0. The van der Waals surface area contributed by atoms with E-state index in [-0.39, 0.29) is 120 Å².